The highest BCUT2D eigenvalue weighted by atomic mass is 15.1. The van der Waals surface area contributed by atoms with Crippen LogP contribution < -0.4 is 5.32 Å². The quantitative estimate of drug-likeness (QED) is 0.733. The van der Waals surface area contributed by atoms with Crippen LogP contribution in [-0.2, 0) is 0 Å². The predicted molar refractivity (Wildman–Crippen MR) is 64.7 cm³/mol. The monoisotopic (exact) mass is 200 g/mol. The van der Waals surface area contributed by atoms with Gasteiger partial charge in [-0.15, -0.1) is 0 Å². The first-order valence-electron chi connectivity index (χ1n) is 5.67. The van der Waals surface area contributed by atoms with E-state index in [9.17, 15) is 0 Å². The van der Waals surface area contributed by atoms with Gasteiger partial charge in [0.25, 0.3) is 0 Å². The Labute approximate surface area is 90.1 Å². The Morgan fingerprint density at radius 2 is 1.64 bits per heavy atom. The average molecular weight is 200 g/mol. The molecule has 0 aromatic heterocycles. The van der Waals surface area contributed by atoms with Crippen LogP contribution in [0.2, 0.25) is 0 Å². The van der Waals surface area contributed by atoms with E-state index < -0.39 is 0 Å². The Morgan fingerprint density at radius 1 is 1.14 bits per heavy atom. The Morgan fingerprint density at radius 3 is 2.00 bits per heavy atom. The highest BCUT2D eigenvalue weighted by Crippen LogP contribution is 2.03. The molecular formula is C12H28N2. The van der Waals surface area contributed by atoms with Gasteiger partial charge in [-0.25, -0.2) is 0 Å². The minimum absolute atomic E-state index is 0.229. The van der Waals surface area contributed by atoms with Crippen LogP contribution in [0.1, 0.15) is 41.5 Å². The molecular weight excluding hydrogens is 172 g/mol. The van der Waals surface area contributed by atoms with Crippen molar-refractivity contribution in [2.75, 3.05) is 20.1 Å². The van der Waals surface area contributed by atoms with Crippen molar-refractivity contribution >= 4 is 0 Å². The molecule has 0 aromatic carbocycles. The Hall–Kier alpha value is -0.0800. The number of hydrogen-bond donors (Lipinski definition) is 1. The van der Waals surface area contributed by atoms with E-state index in [1.54, 1.807) is 0 Å². The average Bonchev–Trinajstić information content (AvgIpc) is 1.97. The highest BCUT2D eigenvalue weighted by Gasteiger charge is 2.14. The second kappa shape index (κ2) is 5.72. The zero-order valence-electron chi connectivity index (χ0n) is 11.0. The fourth-order valence-electron chi connectivity index (χ4n) is 1.37. The maximum atomic E-state index is 3.53. The molecule has 0 bridgehead atoms. The zero-order valence-corrected chi connectivity index (χ0v) is 11.0. The molecule has 14 heavy (non-hydrogen) atoms. The van der Waals surface area contributed by atoms with Gasteiger partial charge < -0.3 is 10.2 Å². The van der Waals surface area contributed by atoms with E-state index in [1.165, 1.54) is 6.54 Å². The van der Waals surface area contributed by atoms with Crippen molar-refractivity contribution in [2.24, 2.45) is 5.92 Å². The summed E-state index contributed by atoms with van der Waals surface area (Å²) in [5.74, 6) is 0.747. The Kier molecular flexibility index (Phi) is 5.68. The third-order valence-electron chi connectivity index (χ3n) is 2.33. The molecule has 0 rings (SSSR count). The van der Waals surface area contributed by atoms with E-state index in [2.05, 4.69) is 58.8 Å². The molecule has 0 heterocycles. The third-order valence-corrected chi connectivity index (χ3v) is 2.33. The minimum atomic E-state index is 0.229. The third kappa shape index (κ3) is 7.34. The van der Waals surface area contributed by atoms with Gasteiger partial charge in [-0.05, 0) is 40.7 Å². The number of rotatable bonds is 5. The maximum absolute atomic E-state index is 3.53. The molecule has 0 aliphatic rings. The molecule has 2 heteroatoms. The van der Waals surface area contributed by atoms with Gasteiger partial charge in [0.15, 0.2) is 0 Å². The van der Waals surface area contributed by atoms with Crippen LogP contribution in [0, 0.1) is 5.92 Å². The second-order valence-electron chi connectivity index (χ2n) is 5.81. The van der Waals surface area contributed by atoms with Crippen molar-refractivity contribution in [3.05, 3.63) is 0 Å². The molecule has 0 fully saturated rings. The van der Waals surface area contributed by atoms with Crippen molar-refractivity contribution < 1.29 is 0 Å². The predicted octanol–water partition coefficient (Wildman–Crippen LogP) is 2.35. The molecule has 86 valence electrons. The van der Waals surface area contributed by atoms with Crippen LogP contribution in [0.3, 0.4) is 0 Å². The minimum Gasteiger partial charge on any atom is -0.311 e. The maximum Gasteiger partial charge on any atom is 0.0189 e. The SMILES string of the molecule is CC(C)CN(C)C(C)CNC(C)(C)C. The summed E-state index contributed by atoms with van der Waals surface area (Å²) < 4.78 is 0. The molecule has 0 aliphatic carbocycles. The van der Waals surface area contributed by atoms with Gasteiger partial charge in [0.1, 0.15) is 0 Å². The standard InChI is InChI=1S/C12H28N2/c1-10(2)9-14(7)11(3)8-13-12(4,5)6/h10-11,13H,8-9H2,1-7H3. The molecule has 0 radical (unpaired) electrons. The van der Waals surface area contributed by atoms with Crippen LogP contribution in [0.4, 0.5) is 0 Å². The van der Waals surface area contributed by atoms with Gasteiger partial charge in [-0.1, -0.05) is 13.8 Å². The van der Waals surface area contributed by atoms with E-state index in [0.29, 0.717) is 6.04 Å². The van der Waals surface area contributed by atoms with Crippen molar-refractivity contribution in [1.82, 2.24) is 10.2 Å². The summed E-state index contributed by atoms with van der Waals surface area (Å²) in [6, 6.07) is 0.608. The number of likely N-dealkylation sites (N-methyl/N-ethyl adjacent to an activating group) is 1. The highest BCUT2D eigenvalue weighted by molar-refractivity contribution is 4.75. The van der Waals surface area contributed by atoms with E-state index in [-0.39, 0.29) is 5.54 Å². The lowest BCUT2D eigenvalue weighted by Gasteiger charge is -2.30. The first-order valence-corrected chi connectivity index (χ1v) is 5.67. The van der Waals surface area contributed by atoms with Gasteiger partial charge in [0.2, 0.25) is 0 Å². The summed E-state index contributed by atoms with van der Waals surface area (Å²) in [5, 5.41) is 3.53. The molecule has 1 N–H and O–H groups in total. The van der Waals surface area contributed by atoms with Crippen LogP contribution in [-0.4, -0.2) is 36.6 Å². The number of nitrogens with one attached hydrogen (secondary N) is 1. The first kappa shape index (κ1) is 13.9. The van der Waals surface area contributed by atoms with E-state index in [0.717, 1.165) is 12.5 Å². The van der Waals surface area contributed by atoms with Gasteiger partial charge in [-0.3, -0.25) is 0 Å². The molecule has 1 unspecified atom stereocenters. The van der Waals surface area contributed by atoms with Crippen molar-refractivity contribution in [3.8, 4) is 0 Å². The fourth-order valence-corrected chi connectivity index (χ4v) is 1.37. The normalized spacial score (nSPS) is 15.2. The van der Waals surface area contributed by atoms with Gasteiger partial charge in [0.05, 0.1) is 0 Å². The van der Waals surface area contributed by atoms with Crippen LogP contribution in [0.5, 0.6) is 0 Å². The molecule has 0 amide bonds. The van der Waals surface area contributed by atoms with Crippen LogP contribution in [0.25, 0.3) is 0 Å². The summed E-state index contributed by atoms with van der Waals surface area (Å²) in [5.41, 5.74) is 0.229. The molecule has 2 nitrogen and oxygen atoms in total. The first-order chi connectivity index (χ1) is 6.22. The molecule has 1 atom stereocenters. The Bertz CT molecular complexity index is 147. The molecule has 0 aliphatic heterocycles. The molecule has 0 saturated heterocycles. The van der Waals surface area contributed by atoms with Crippen molar-refractivity contribution in [1.29, 1.82) is 0 Å². The van der Waals surface area contributed by atoms with Gasteiger partial charge in [0, 0.05) is 24.7 Å². The largest absolute Gasteiger partial charge is 0.311 e. The van der Waals surface area contributed by atoms with Crippen molar-refractivity contribution in [3.63, 3.8) is 0 Å². The summed E-state index contributed by atoms with van der Waals surface area (Å²) >= 11 is 0. The lowest BCUT2D eigenvalue weighted by atomic mass is 10.1. The van der Waals surface area contributed by atoms with E-state index >= 15 is 0 Å². The van der Waals surface area contributed by atoms with Crippen molar-refractivity contribution in [2.45, 2.75) is 53.1 Å². The van der Waals surface area contributed by atoms with Crippen LogP contribution in [0.15, 0.2) is 0 Å². The van der Waals surface area contributed by atoms with E-state index in [4.69, 9.17) is 0 Å². The lowest BCUT2D eigenvalue weighted by Crippen LogP contribution is -2.45. The van der Waals surface area contributed by atoms with Crippen LogP contribution >= 0.6 is 0 Å². The number of nitrogens with zero attached hydrogens (tertiary/aromatic N) is 1. The van der Waals surface area contributed by atoms with Gasteiger partial charge in [-0.2, -0.15) is 0 Å². The molecule has 0 saturated carbocycles. The zero-order chi connectivity index (χ0) is 11.4. The topological polar surface area (TPSA) is 15.3 Å². The summed E-state index contributed by atoms with van der Waals surface area (Å²) in [4.78, 5) is 2.42. The molecule has 0 spiro atoms. The Balaban J connectivity index is 3.78. The molecule has 0 aromatic rings. The van der Waals surface area contributed by atoms with Gasteiger partial charge >= 0.3 is 0 Å². The fraction of sp³-hybridized carbons (Fsp3) is 1.00. The summed E-state index contributed by atoms with van der Waals surface area (Å²) in [6.07, 6.45) is 0. The second-order valence-corrected chi connectivity index (χ2v) is 5.81. The summed E-state index contributed by atoms with van der Waals surface area (Å²) in [6.45, 7) is 15.7. The summed E-state index contributed by atoms with van der Waals surface area (Å²) in [7, 11) is 2.20. The number of hydrogen-bond acceptors (Lipinski definition) is 2. The lowest BCUT2D eigenvalue weighted by molar-refractivity contribution is 0.214. The smallest absolute Gasteiger partial charge is 0.0189 e. The van der Waals surface area contributed by atoms with E-state index in [1.807, 2.05) is 0 Å².